The quantitative estimate of drug-likeness (QED) is 0.126. The van der Waals surface area contributed by atoms with Gasteiger partial charge < -0.3 is 25.8 Å². The second-order valence-corrected chi connectivity index (χ2v) is 12.7. The molecule has 10 nitrogen and oxygen atoms in total. The number of pyridine rings is 2. The lowest BCUT2D eigenvalue weighted by Gasteiger charge is -2.16. The van der Waals surface area contributed by atoms with Crippen LogP contribution in [0.3, 0.4) is 0 Å². The lowest BCUT2D eigenvalue weighted by molar-refractivity contribution is -0.119. The molecule has 1 aliphatic heterocycles. The fourth-order valence-electron chi connectivity index (χ4n) is 5.88. The van der Waals surface area contributed by atoms with Crippen molar-refractivity contribution in [3.63, 3.8) is 0 Å². The number of carbonyl (C=O) groups is 1. The molecule has 0 aliphatic carbocycles. The number of aromatic nitrogens is 3. The van der Waals surface area contributed by atoms with E-state index in [0.717, 1.165) is 12.0 Å². The molecule has 1 atom stereocenters. The van der Waals surface area contributed by atoms with Crippen molar-refractivity contribution in [2.24, 2.45) is 0 Å². The van der Waals surface area contributed by atoms with Gasteiger partial charge in [-0.25, -0.2) is 18.7 Å². The number of benzene rings is 2. The molecule has 1 unspecified atom stereocenters. The zero-order valence-electron chi connectivity index (χ0n) is 27.0. The SMILES string of the molecule is COc1nc(-c2cccc(-c3cccc(-c4ccn5c(=O)c(CNCC(F)(F)CO)cnc5c4)c3Cl)c2Cl)ccc1CNCC1CCC(=O)N1. The Morgan fingerprint density at radius 1 is 0.980 bits per heavy atom. The minimum absolute atomic E-state index is 0.0764. The molecule has 0 saturated carbocycles. The third-order valence-corrected chi connectivity index (χ3v) is 9.32. The molecule has 4 heterocycles. The van der Waals surface area contributed by atoms with Crippen LogP contribution in [-0.4, -0.2) is 64.2 Å². The summed E-state index contributed by atoms with van der Waals surface area (Å²) in [6.07, 6.45) is 4.27. The highest BCUT2D eigenvalue weighted by molar-refractivity contribution is 6.39. The van der Waals surface area contributed by atoms with Gasteiger partial charge in [-0.1, -0.05) is 65.7 Å². The van der Waals surface area contributed by atoms with E-state index >= 15 is 0 Å². The summed E-state index contributed by atoms with van der Waals surface area (Å²) < 4.78 is 33.7. The number of hydrogen-bond donors (Lipinski definition) is 4. The van der Waals surface area contributed by atoms with Crippen molar-refractivity contribution >= 4 is 34.8 Å². The first-order valence-electron chi connectivity index (χ1n) is 15.9. The maximum Gasteiger partial charge on any atom is 0.282 e. The molecule has 0 radical (unpaired) electrons. The van der Waals surface area contributed by atoms with E-state index in [0.29, 0.717) is 74.6 Å². The van der Waals surface area contributed by atoms with Gasteiger partial charge in [-0.05, 0) is 30.2 Å². The zero-order valence-corrected chi connectivity index (χ0v) is 28.5. The number of fused-ring (bicyclic) bond motifs is 1. The van der Waals surface area contributed by atoms with Gasteiger partial charge in [0.05, 0.1) is 29.4 Å². The van der Waals surface area contributed by atoms with E-state index in [-0.39, 0.29) is 24.1 Å². The van der Waals surface area contributed by atoms with Gasteiger partial charge in [0, 0.05) is 77.9 Å². The van der Waals surface area contributed by atoms with Crippen LogP contribution in [-0.2, 0) is 17.9 Å². The number of amides is 1. The van der Waals surface area contributed by atoms with E-state index in [2.05, 4.69) is 20.9 Å². The van der Waals surface area contributed by atoms with Crippen LogP contribution in [0, 0.1) is 0 Å². The number of ether oxygens (including phenoxy) is 1. The van der Waals surface area contributed by atoms with E-state index in [1.165, 1.54) is 10.6 Å². The van der Waals surface area contributed by atoms with Gasteiger partial charge >= 0.3 is 0 Å². The standard InChI is InChI=1S/C36H34Cl2F2N6O4/c1-50-34-22(15-41-18-24-9-11-31(48)44-24)8-10-29(45-34)28-7-3-6-27(33(28)38)26-5-2-4-25(32(26)37)21-12-13-46-30(14-21)43-17-23(35(46)49)16-42-19-36(39,40)20-47/h2-8,10,12-14,17,24,41-42,47H,9,11,15-16,18-20H2,1H3,(H,44,48). The van der Waals surface area contributed by atoms with Crippen LogP contribution >= 0.6 is 23.2 Å². The number of nitrogens with one attached hydrogen (secondary N) is 3. The van der Waals surface area contributed by atoms with Crippen molar-refractivity contribution in [2.45, 2.75) is 37.9 Å². The molecule has 0 spiro atoms. The minimum atomic E-state index is -3.29. The molecule has 4 N–H and O–H groups in total. The molecule has 260 valence electrons. The van der Waals surface area contributed by atoms with Crippen molar-refractivity contribution in [3.8, 4) is 39.4 Å². The van der Waals surface area contributed by atoms with Crippen LogP contribution < -0.4 is 26.2 Å². The van der Waals surface area contributed by atoms with Crippen LogP contribution in [0.1, 0.15) is 24.0 Å². The van der Waals surface area contributed by atoms with Crippen molar-refractivity contribution in [1.29, 1.82) is 0 Å². The Hall–Kier alpha value is -4.46. The number of hydrogen-bond acceptors (Lipinski definition) is 8. The molecule has 1 saturated heterocycles. The fraction of sp³-hybridized carbons (Fsp3) is 0.278. The lowest BCUT2D eigenvalue weighted by Crippen LogP contribution is -2.36. The number of nitrogens with zero attached hydrogens (tertiary/aromatic N) is 3. The van der Waals surface area contributed by atoms with Crippen LogP contribution in [0.15, 0.2) is 77.9 Å². The van der Waals surface area contributed by atoms with Crippen LogP contribution in [0.4, 0.5) is 8.78 Å². The Morgan fingerprint density at radius 2 is 1.68 bits per heavy atom. The van der Waals surface area contributed by atoms with Crippen LogP contribution in [0.25, 0.3) is 39.2 Å². The first kappa shape index (κ1) is 35.4. The number of aliphatic hydroxyl groups is 1. The maximum atomic E-state index is 13.4. The Balaban J connectivity index is 1.24. The largest absolute Gasteiger partial charge is 0.481 e. The molecular weight excluding hydrogens is 689 g/mol. The van der Waals surface area contributed by atoms with Gasteiger partial charge in [-0.2, -0.15) is 0 Å². The fourth-order valence-corrected chi connectivity index (χ4v) is 6.54. The van der Waals surface area contributed by atoms with E-state index in [1.807, 2.05) is 48.5 Å². The molecule has 14 heteroatoms. The second-order valence-electron chi connectivity index (χ2n) is 12.0. The van der Waals surface area contributed by atoms with Crippen LogP contribution in [0.5, 0.6) is 5.88 Å². The summed E-state index contributed by atoms with van der Waals surface area (Å²) in [5, 5.41) is 18.5. The molecule has 5 aromatic rings. The van der Waals surface area contributed by atoms with Gasteiger partial charge in [-0.15, -0.1) is 0 Å². The number of aliphatic hydroxyl groups excluding tert-OH is 1. The summed E-state index contributed by atoms with van der Waals surface area (Å²) >= 11 is 14.1. The molecular formula is C36H34Cl2F2N6O4. The van der Waals surface area contributed by atoms with E-state index < -0.39 is 24.6 Å². The molecule has 6 rings (SSSR count). The molecule has 3 aromatic heterocycles. The third kappa shape index (κ3) is 7.64. The summed E-state index contributed by atoms with van der Waals surface area (Å²) in [4.78, 5) is 33.7. The van der Waals surface area contributed by atoms with E-state index in [4.69, 9.17) is 38.0 Å². The Labute approximate surface area is 296 Å². The van der Waals surface area contributed by atoms with E-state index in [9.17, 15) is 18.4 Å². The number of carbonyl (C=O) groups excluding carboxylic acids is 1. The van der Waals surface area contributed by atoms with Gasteiger partial charge in [0.15, 0.2) is 0 Å². The highest BCUT2D eigenvalue weighted by atomic mass is 35.5. The van der Waals surface area contributed by atoms with Crippen molar-refractivity contribution < 1.29 is 23.4 Å². The summed E-state index contributed by atoms with van der Waals surface area (Å²) in [5.41, 5.74) is 5.10. The highest BCUT2D eigenvalue weighted by Crippen LogP contribution is 2.42. The summed E-state index contributed by atoms with van der Waals surface area (Å²) in [7, 11) is 1.56. The molecule has 1 fully saturated rings. The summed E-state index contributed by atoms with van der Waals surface area (Å²) in [6, 6.07) is 18.6. The first-order chi connectivity index (χ1) is 24.1. The first-order valence-corrected chi connectivity index (χ1v) is 16.7. The average molecular weight is 724 g/mol. The predicted molar refractivity (Wildman–Crippen MR) is 189 cm³/mol. The lowest BCUT2D eigenvalue weighted by atomic mass is 9.97. The van der Waals surface area contributed by atoms with Crippen molar-refractivity contribution in [2.75, 3.05) is 26.8 Å². The summed E-state index contributed by atoms with van der Waals surface area (Å²) in [6.45, 7) is -1.03. The number of rotatable bonds is 13. The number of methoxy groups -OCH3 is 1. The topological polar surface area (TPSA) is 130 Å². The highest BCUT2D eigenvalue weighted by Gasteiger charge is 2.27. The predicted octanol–water partition coefficient (Wildman–Crippen LogP) is 5.49. The molecule has 2 aromatic carbocycles. The van der Waals surface area contributed by atoms with Crippen LogP contribution in [0.2, 0.25) is 10.0 Å². The molecule has 0 bridgehead atoms. The maximum absolute atomic E-state index is 13.4. The van der Waals surface area contributed by atoms with Crippen molar-refractivity contribution in [3.05, 3.63) is 105 Å². The molecule has 50 heavy (non-hydrogen) atoms. The Morgan fingerprint density at radius 3 is 2.38 bits per heavy atom. The number of halogens is 4. The second kappa shape index (κ2) is 15.2. The van der Waals surface area contributed by atoms with Gasteiger partial charge in [0.2, 0.25) is 11.8 Å². The molecule has 1 aliphatic rings. The van der Waals surface area contributed by atoms with Gasteiger partial charge in [0.1, 0.15) is 12.3 Å². The monoisotopic (exact) mass is 722 g/mol. The summed E-state index contributed by atoms with van der Waals surface area (Å²) in [5.74, 6) is -2.75. The number of alkyl halides is 2. The van der Waals surface area contributed by atoms with E-state index in [1.54, 1.807) is 25.4 Å². The normalized spacial score (nSPS) is 14.7. The van der Waals surface area contributed by atoms with Gasteiger partial charge in [-0.3, -0.25) is 14.0 Å². The third-order valence-electron chi connectivity index (χ3n) is 8.51. The zero-order chi connectivity index (χ0) is 35.4. The van der Waals surface area contributed by atoms with Crippen molar-refractivity contribution in [1.82, 2.24) is 30.3 Å². The smallest absolute Gasteiger partial charge is 0.282 e. The van der Waals surface area contributed by atoms with Gasteiger partial charge in [0.25, 0.3) is 11.5 Å². The minimum Gasteiger partial charge on any atom is -0.481 e. The average Bonchev–Trinajstić information content (AvgIpc) is 3.54. The Kier molecular flexibility index (Phi) is 10.7. The Bertz CT molecular complexity index is 2110. The molecule has 1 amide bonds.